The molecule has 0 aromatic heterocycles. The normalized spacial score (nSPS) is 12.6. The van der Waals surface area contributed by atoms with Crippen molar-refractivity contribution in [3.63, 3.8) is 0 Å². The summed E-state index contributed by atoms with van der Waals surface area (Å²) in [6.45, 7) is 2.18. The Hall–Kier alpha value is -1.80. The van der Waals surface area contributed by atoms with E-state index in [9.17, 15) is 0 Å². The van der Waals surface area contributed by atoms with Gasteiger partial charge in [-0.05, 0) is 49.3 Å². The number of anilines is 1. The molecule has 2 nitrogen and oxygen atoms in total. The van der Waals surface area contributed by atoms with Crippen LogP contribution >= 0.6 is 0 Å². The molecule has 19 heavy (non-hydrogen) atoms. The summed E-state index contributed by atoms with van der Waals surface area (Å²) in [4.78, 5) is 2.22. The van der Waals surface area contributed by atoms with E-state index in [1.807, 2.05) is 12.1 Å². The van der Waals surface area contributed by atoms with Gasteiger partial charge in [-0.2, -0.15) is 0 Å². The van der Waals surface area contributed by atoms with Crippen molar-refractivity contribution in [1.29, 1.82) is 0 Å². The molecule has 1 unspecified atom stereocenters. The number of hydrogen-bond donors (Lipinski definition) is 1. The average Bonchev–Trinajstić information content (AvgIpc) is 2.39. The fraction of sp³-hybridized carbons (Fsp3) is 0.294. The predicted octanol–water partition coefficient (Wildman–Crippen LogP) is 3.48. The molecule has 0 fully saturated rings. The first-order valence-corrected chi connectivity index (χ1v) is 6.72. The number of nitrogens with zero attached hydrogens (tertiary/aromatic N) is 1. The van der Waals surface area contributed by atoms with Crippen molar-refractivity contribution in [3.8, 4) is 0 Å². The molecule has 0 radical (unpaired) electrons. The lowest BCUT2D eigenvalue weighted by molar-refractivity contribution is 0.342. The fourth-order valence-corrected chi connectivity index (χ4v) is 2.45. The van der Waals surface area contributed by atoms with Crippen LogP contribution in [0.1, 0.15) is 29.7 Å². The Morgan fingerprint density at radius 2 is 1.68 bits per heavy atom. The highest BCUT2D eigenvalue weighted by molar-refractivity contribution is 5.44. The van der Waals surface area contributed by atoms with E-state index in [2.05, 4.69) is 62.3 Å². The maximum atomic E-state index is 5.90. The molecule has 2 aromatic carbocycles. The van der Waals surface area contributed by atoms with E-state index in [0.29, 0.717) is 0 Å². The second-order valence-corrected chi connectivity index (χ2v) is 5.13. The summed E-state index contributed by atoms with van der Waals surface area (Å²) in [6.07, 6.45) is 1.07. The monoisotopic (exact) mass is 254 g/mol. The van der Waals surface area contributed by atoms with Crippen molar-refractivity contribution >= 4 is 5.69 Å². The minimum atomic E-state index is 0.245. The highest BCUT2D eigenvalue weighted by Crippen LogP contribution is 2.28. The van der Waals surface area contributed by atoms with Crippen molar-refractivity contribution in [2.45, 2.75) is 19.4 Å². The third-order valence-electron chi connectivity index (χ3n) is 3.45. The molecule has 0 amide bonds. The van der Waals surface area contributed by atoms with Crippen molar-refractivity contribution in [2.24, 2.45) is 0 Å². The average molecular weight is 254 g/mol. The minimum absolute atomic E-state index is 0.245. The summed E-state index contributed by atoms with van der Waals surface area (Å²) in [7, 11) is 4.20. The van der Waals surface area contributed by atoms with Gasteiger partial charge in [0.15, 0.2) is 0 Å². The molecule has 100 valence electrons. The minimum Gasteiger partial charge on any atom is -0.399 e. The Labute approximate surface area is 115 Å². The first-order chi connectivity index (χ1) is 9.11. The number of benzene rings is 2. The lowest BCUT2D eigenvalue weighted by Gasteiger charge is -2.25. The molecule has 2 N–H and O–H groups in total. The smallest absolute Gasteiger partial charge is 0.0597 e. The van der Waals surface area contributed by atoms with E-state index in [1.165, 1.54) is 16.7 Å². The molecule has 2 heteroatoms. The molecule has 0 spiro atoms. The second kappa shape index (κ2) is 5.89. The van der Waals surface area contributed by atoms with Crippen LogP contribution in [0.5, 0.6) is 0 Å². The van der Waals surface area contributed by atoms with Gasteiger partial charge in [-0.15, -0.1) is 0 Å². The molecular weight excluding hydrogens is 232 g/mol. The van der Waals surface area contributed by atoms with E-state index in [1.54, 1.807) is 0 Å². The van der Waals surface area contributed by atoms with E-state index < -0.39 is 0 Å². The zero-order valence-electron chi connectivity index (χ0n) is 11.9. The van der Waals surface area contributed by atoms with Gasteiger partial charge in [-0.25, -0.2) is 0 Å². The van der Waals surface area contributed by atoms with E-state index in [0.717, 1.165) is 12.1 Å². The topological polar surface area (TPSA) is 29.3 Å². The molecule has 2 aromatic rings. The maximum absolute atomic E-state index is 5.90. The van der Waals surface area contributed by atoms with Crippen LogP contribution < -0.4 is 5.73 Å². The van der Waals surface area contributed by atoms with Crippen LogP contribution in [0.4, 0.5) is 5.69 Å². The van der Waals surface area contributed by atoms with Gasteiger partial charge in [0, 0.05) is 5.69 Å². The maximum Gasteiger partial charge on any atom is 0.0597 e. The Morgan fingerprint density at radius 1 is 1.00 bits per heavy atom. The number of nitrogens with two attached hydrogens (primary N) is 1. The summed E-state index contributed by atoms with van der Waals surface area (Å²) >= 11 is 0. The van der Waals surface area contributed by atoms with Crippen LogP contribution in [0.2, 0.25) is 0 Å². The summed E-state index contributed by atoms with van der Waals surface area (Å²) in [5.74, 6) is 0. The van der Waals surface area contributed by atoms with Crippen LogP contribution in [0.15, 0.2) is 48.5 Å². The van der Waals surface area contributed by atoms with Crippen molar-refractivity contribution < 1.29 is 0 Å². The van der Waals surface area contributed by atoms with Crippen LogP contribution in [-0.4, -0.2) is 19.0 Å². The first-order valence-electron chi connectivity index (χ1n) is 6.72. The Bertz CT molecular complexity index is 529. The van der Waals surface area contributed by atoms with E-state index >= 15 is 0 Å². The molecule has 0 aliphatic rings. The Kier molecular flexibility index (Phi) is 4.23. The lowest BCUT2D eigenvalue weighted by atomic mass is 9.96. The summed E-state index contributed by atoms with van der Waals surface area (Å²) in [5, 5.41) is 0. The highest BCUT2D eigenvalue weighted by Gasteiger charge is 2.16. The Balaban J connectivity index is 2.39. The van der Waals surface area contributed by atoms with Gasteiger partial charge in [-0.1, -0.05) is 43.3 Å². The zero-order valence-corrected chi connectivity index (χ0v) is 11.9. The quantitative estimate of drug-likeness (QED) is 0.846. The number of nitrogen functional groups attached to an aromatic ring is 1. The second-order valence-electron chi connectivity index (χ2n) is 5.13. The van der Waals surface area contributed by atoms with Gasteiger partial charge in [0.25, 0.3) is 0 Å². The number of aryl methyl sites for hydroxylation is 1. The molecule has 1 atom stereocenters. The van der Waals surface area contributed by atoms with Crippen LogP contribution in [0.25, 0.3) is 0 Å². The molecule has 0 saturated heterocycles. The molecule has 0 aliphatic carbocycles. The van der Waals surface area contributed by atoms with Crippen molar-refractivity contribution in [1.82, 2.24) is 4.90 Å². The van der Waals surface area contributed by atoms with Gasteiger partial charge in [0.2, 0.25) is 0 Å². The van der Waals surface area contributed by atoms with E-state index in [-0.39, 0.29) is 6.04 Å². The summed E-state index contributed by atoms with van der Waals surface area (Å²) in [5.41, 5.74) is 10.6. The zero-order chi connectivity index (χ0) is 13.8. The van der Waals surface area contributed by atoms with Crippen LogP contribution in [0, 0.1) is 0 Å². The van der Waals surface area contributed by atoms with Gasteiger partial charge in [0.05, 0.1) is 6.04 Å². The van der Waals surface area contributed by atoms with E-state index in [4.69, 9.17) is 5.73 Å². The van der Waals surface area contributed by atoms with Crippen molar-refractivity contribution in [2.75, 3.05) is 19.8 Å². The van der Waals surface area contributed by atoms with Gasteiger partial charge < -0.3 is 5.73 Å². The van der Waals surface area contributed by atoms with Gasteiger partial charge in [0.1, 0.15) is 0 Å². The SMILES string of the molecule is CCc1ccc(C(c2cccc(N)c2)N(C)C)cc1. The number of hydrogen-bond acceptors (Lipinski definition) is 2. The molecule has 0 bridgehead atoms. The summed E-state index contributed by atoms with van der Waals surface area (Å²) < 4.78 is 0. The third-order valence-corrected chi connectivity index (χ3v) is 3.45. The molecule has 2 rings (SSSR count). The van der Waals surface area contributed by atoms with Crippen LogP contribution in [-0.2, 0) is 6.42 Å². The standard InChI is InChI=1S/C17H22N2/c1-4-13-8-10-14(11-9-13)17(19(2)3)15-6-5-7-16(18)12-15/h5-12,17H,4,18H2,1-3H3. The number of rotatable bonds is 4. The van der Waals surface area contributed by atoms with Gasteiger partial charge in [-0.3, -0.25) is 4.90 Å². The molecule has 0 heterocycles. The lowest BCUT2D eigenvalue weighted by Crippen LogP contribution is -2.21. The molecule has 0 aliphatic heterocycles. The Morgan fingerprint density at radius 3 is 2.21 bits per heavy atom. The van der Waals surface area contributed by atoms with Gasteiger partial charge >= 0.3 is 0 Å². The highest BCUT2D eigenvalue weighted by atomic mass is 15.1. The largest absolute Gasteiger partial charge is 0.399 e. The van der Waals surface area contributed by atoms with Crippen LogP contribution in [0.3, 0.4) is 0 Å². The molecular formula is C17H22N2. The predicted molar refractivity (Wildman–Crippen MR) is 82.2 cm³/mol. The third kappa shape index (κ3) is 3.15. The first kappa shape index (κ1) is 13.6. The molecule has 0 saturated carbocycles. The summed E-state index contributed by atoms with van der Waals surface area (Å²) in [6, 6.07) is 17.2. The fourth-order valence-electron chi connectivity index (χ4n) is 2.45. The van der Waals surface area contributed by atoms with Crippen molar-refractivity contribution in [3.05, 3.63) is 65.2 Å².